The molecule has 7 nitrogen and oxygen atoms in total. The van der Waals surface area contributed by atoms with Gasteiger partial charge < -0.3 is 20.4 Å². The number of nitrogen functional groups attached to an aromatic ring is 1. The first-order valence-corrected chi connectivity index (χ1v) is 11.1. The van der Waals surface area contributed by atoms with Crippen molar-refractivity contribution in [2.24, 2.45) is 0 Å². The standard InChI is InChI=1S/C19H25IN6OS/c1-4-12(2)22-8-5-9-26-18-16(17(21)23-11-24-18)25-19(26)28-15-10-13(27-3)6-7-14(15)20/h6-7,10-12,22H,4-5,8-9H2,1-3H3,(H2,21,23,24)/t12-/m0/s1. The molecular formula is C19H25IN6OS. The number of hydrogen-bond donors (Lipinski definition) is 2. The molecule has 0 fully saturated rings. The first-order valence-electron chi connectivity index (χ1n) is 9.25. The van der Waals surface area contributed by atoms with E-state index in [-0.39, 0.29) is 0 Å². The molecule has 0 radical (unpaired) electrons. The van der Waals surface area contributed by atoms with Crippen LogP contribution in [0.4, 0.5) is 5.82 Å². The monoisotopic (exact) mass is 512 g/mol. The zero-order valence-electron chi connectivity index (χ0n) is 16.3. The maximum absolute atomic E-state index is 6.05. The van der Waals surface area contributed by atoms with Crippen LogP contribution in [0.2, 0.25) is 0 Å². The number of hydrogen-bond acceptors (Lipinski definition) is 7. The van der Waals surface area contributed by atoms with Crippen molar-refractivity contribution in [3.05, 3.63) is 28.1 Å². The van der Waals surface area contributed by atoms with Gasteiger partial charge in [-0.05, 0) is 67.1 Å². The molecule has 0 saturated heterocycles. The molecule has 0 aliphatic rings. The Kier molecular flexibility index (Phi) is 7.36. The molecule has 1 atom stereocenters. The van der Waals surface area contributed by atoms with Gasteiger partial charge in [-0.15, -0.1) is 0 Å². The van der Waals surface area contributed by atoms with Crippen molar-refractivity contribution in [1.29, 1.82) is 0 Å². The van der Waals surface area contributed by atoms with Crippen LogP contribution in [0.5, 0.6) is 5.75 Å². The van der Waals surface area contributed by atoms with E-state index < -0.39 is 0 Å². The van der Waals surface area contributed by atoms with E-state index in [1.807, 2.05) is 18.2 Å². The van der Waals surface area contributed by atoms with E-state index in [4.69, 9.17) is 15.5 Å². The third-order valence-corrected chi connectivity index (χ3v) is 6.89. The fourth-order valence-electron chi connectivity index (χ4n) is 2.73. The molecule has 28 heavy (non-hydrogen) atoms. The van der Waals surface area contributed by atoms with Crippen LogP contribution in [0.3, 0.4) is 0 Å². The average molecular weight is 512 g/mol. The highest BCUT2D eigenvalue weighted by Gasteiger charge is 2.17. The van der Waals surface area contributed by atoms with Crippen molar-refractivity contribution in [3.63, 3.8) is 0 Å². The van der Waals surface area contributed by atoms with Gasteiger partial charge in [-0.1, -0.05) is 18.7 Å². The molecule has 2 aromatic heterocycles. The van der Waals surface area contributed by atoms with Gasteiger partial charge in [-0.2, -0.15) is 0 Å². The highest BCUT2D eigenvalue weighted by molar-refractivity contribution is 14.1. The average Bonchev–Trinajstić information content (AvgIpc) is 3.05. The molecule has 0 spiro atoms. The van der Waals surface area contributed by atoms with Crippen LogP contribution in [0.15, 0.2) is 34.6 Å². The first-order chi connectivity index (χ1) is 13.5. The molecule has 3 rings (SSSR count). The number of ether oxygens (including phenoxy) is 1. The number of halogens is 1. The molecule has 0 bridgehead atoms. The molecule has 1 aromatic carbocycles. The van der Waals surface area contributed by atoms with E-state index in [0.717, 1.165) is 50.9 Å². The molecule has 0 amide bonds. The maximum atomic E-state index is 6.05. The number of imidazole rings is 1. The van der Waals surface area contributed by atoms with Crippen molar-refractivity contribution in [1.82, 2.24) is 24.8 Å². The Morgan fingerprint density at radius 1 is 1.36 bits per heavy atom. The van der Waals surface area contributed by atoms with Crippen LogP contribution in [-0.2, 0) is 6.54 Å². The van der Waals surface area contributed by atoms with Gasteiger partial charge in [0.25, 0.3) is 0 Å². The largest absolute Gasteiger partial charge is 0.497 e. The van der Waals surface area contributed by atoms with E-state index in [2.05, 4.69) is 56.3 Å². The zero-order valence-corrected chi connectivity index (χ0v) is 19.2. The second-order valence-electron chi connectivity index (χ2n) is 6.49. The van der Waals surface area contributed by atoms with E-state index in [0.29, 0.717) is 17.4 Å². The third-order valence-electron chi connectivity index (χ3n) is 4.53. The minimum absolute atomic E-state index is 0.406. The Labute approximate surface area is 183 Å². The summed E-state index contributed by atoms with van der Waals surface area (Å²) in [6.45, 7) is 6.13. The van der Waals surface area contributed by atoms with Crippen LogP contribution in [0, 0.1) is 3.57 Å². The zero-order chi connectivity index (χ0) is 20.1. The van der Waals surface area contributed by atoms with Crippen LogP contribution in [0.25, 0.3) is 11.2 Å². The molecule has 3 N–H and O–H groups in total. The molecule has 0 aliphatic carbocycles. The predicted octanol–water partition coefficient (Wildman–Crippen LogP) is 3.95. The second-order valence-corrected chi connectivity index (χ2v) is 8.66. The minimum Gasteiger partial charge on any atom is -0.497 e. The lowest BCUT2D eigenvalue weighted by Crippen LogP contribution is -2.26. The van der Waals surface area contributed by atoms with Gasteiger partial charge >= 0.3 is 0 Å². The summed E-state index contributed by atoms with van der Waals surface area (Å²) in [6, 6.07) is 6.54. The van der Waals surface area contributed by atoms with E-state index in [1.54, 1.807) is 18.9 Å². The van der Waals surface area contributed by atoms with Crippen molar-refractivity contribution < 1.29 is 4.74 Å². The summed E-state index contributed by atoms with van der Waals surface area (Å²) < 4.78 is 8.64. The van der Waals surface area contributed by atoms with Gasteiger partial charge in [0, 0.05) is 21.1 Å². The summed E-state index contributed by atoms with van der Waals surface area (Å²) in [5, 5.41) is 4.39. The Hall–Kier alpha value is -1.59. The van der Waals surface area contributed by atoms with Crippen LogP contribution >= 0.6 is 34.4 Å². The smallest absolute Gasteiger partial charge is 0.175 e. The van der Waals surface area contributed by atoms with Crippen LogP contribution < -0.4 is 15.8 Å². The molecule has 0 saturated carbocycles. The van der Waals surface area contributed by atoms with Crippen molar-refractivity contribution in [2.45, 2.75) is 49.3 Å². The highest BCUT2D eigenvalue weighted by atomic mass is 127. The van der Waals surface area contributed by atoms with Crippen molar-refractivity contribution in [3.8, 4) is 5.75 Å². The van der Waals surface area contributed by atoms with Gasteiger partial charge in [-0.25, -0.2) is 15.0 Å². The lowest BCUT2D eigenvalue weighted by atomic mass is 10.2. The number of aryl methyl sites for hydroxylation is 1. The van der Waals surface area contributed by atoms with Crippen LogP contribution in [0.1, 0.15) is 26.7 Å². The summed E-state index contributed by atoms with van der Waals surface area (Å²) in [5.74, 6) is 1.23. The second kappa shape index (κ2) is 9.75. The van der Waals surface area contributed by atoms with Gasteiger partial charge in [0.1, 0.15) is 12.1 Å². The van der Waals surface area contributed by atoms with Gasteiger partial charge in [0.15, 0.2) is 22.1 Å². The molecular weight excluding hydrogens is 487 g/mol. The molecule has 9 heteroatoms. The Balaban J connectivity index is 1.89. The Bertz CT molecular complexity index is 948. The SMILES string of the molecule is CC[C@H](C)NCCCn1c(Sc2cc(OC)ccc2I)nc2c(N)ncnc21. The number of nitrogens with zero attached hydrogens (tertiary/aromatic N) is 4. The number of rotatable bonds is 9. The topological polar surface area (TPSA) is 90.9 Å². The van der Waals surface area contributed by atoms with Crippen LogP contribution in [-0.4, -0.2) is 39.2 Å². The lowest BCUT2D eigenvalue weighted by Gasteiger charge is -2.13. The number of benzene rings is 1. The van der Waals surface area contributed by atoms with E-state index in [9.17, 15) is 0 Å². The lowest BCUT2D eigenvalue weighted by molar-refractivity contribution is 0.413. The van der Waals surface area contributed by atoms with Crippen molar-refractivity contribution in [2.75, 3.05) is 19.4 Å². The normalized spacial score (nSPS) is 12.4. The first kappa shape index (κ1) is 21.1. The summed E-state index contributed by atoms with van der Waals surface area (Å²) in [7, 11) is 1.67. The summed E-state index contributed by atoms with van der Waals surface area (Å²) in [4.78, 5) is 14.4. The molecule has 0 unspecified atom stereocenters. The summed E-state index contributed by atoms with van der Waals surface area (Å²) in [6.07, 6.45) is 3.59. The molecule has 2 heterocycles. The minimum atomic E-state index is 0.406. The molecule has 0 aliphatic heterocycles. The van der Waals surface area contributed by atoms with E-state index >= 15 is 0 Å². The predicted molar refractivity (Wildman–Crippen MR) is 122 cm³/mol. The molecule has 150 valence electrons. The number of nitrogens with two attached hydrogens (primary N) is 1. The van der Waals surface area contributed by atoms with Gasteiger partial charge in [0.2, 0.25) is 0 Å². The fourth-order valence-corrected chi connectivity index (χ4v) is 4.36. The number of methoxy groups -OCH3 is 1. The summed E-state index contributed by atoms with van der Waals surface area (Å²) in [5.41, 5.74) is 7.48. The Morgan fingerprint density at radius 3 is 2.93 bits per heavy atom. The number of anilines is 1. The third kappa shape index (κ3) is 4.87. The number of aromatic nitrogens is 4. The van der Waals surface area contributed by atoms with Gasteiger partial charge in [-0.3, -0.25) is 0 Å². The summed E-state index contributed by atoms with van der Waals surface area (Å²) >= 11 is 3.92. The van der Waals surface area contributed by atoms with E-state index in [1.165, 1.54) is 6.33 Å². The van der Waals surface area contributed by atoms with Gasteiger partial charge in [0.05, 0.1) is 7.11 Å². The van der Waals surface area contributed by atoms with Crippen molar-refractivity contribution >= 4 is 51.3 Å². The number of fused-ring (bicyclic) bond motifs is 1. The molecule has 3 aromatic rings. The highest BCUT2D eigenvalue weighted by Crippen LogP contribution is 2.35. The fraction of sp³-hybridized carbons (Fsp3) is 0.421. The quantitative estimate of drug-likeness (QED) is 0.332. The Morgan fingerprint density at radius 2 is 2.18 bits per heavy atom. The maximum Gasteiger partial charge on any atom is 0.175 e. The number of nitrogens with one attached hydrogen (secondary N) is 1.